The first-order chi connectivity index (χ1) is 16.0. The van der Waals surface area contributed by atoms with Gasteiger partial charge < -0.3 is 19.4 Å². The molecule has 0 saturated carbocycles. The molecule has 33 heavy (non-hydrogen) atoms. The molecule has 2 aromatic carbocycles. The lowest BCUT2D eigenvalue weighted by molar-refractivity contribution is -0.122. The number of anilines is 1. The molecule has 0 spiro atoms. The number of methoxy groups -OCH3 is 1. The highest BCUT2D eigenvalue weighted by Gasteiger charge is 2.32. The van der Waals surface area contributed by atoms with E-state index in [0.29, 0.717) is 49.1 Å². The molecule has 7 nitrogen and oxygen atoms in total. The van der Waals surface area contributed by atoms with Crippen LogP contribution in [0.1, 0.15) is 33.5 Å². The van der Waals surface area contributed by atoms with Crippen LogP contribution in [0.4, 0.5) is 5.69 Å². The molecular weight excluding hydrogens is 418 g/mol. The molecule has 1 saturated heterocycles. The van der Waals surface area contributed by atoms with Crippen LogP contribution >= 0.6 is 0 Å². The van der Waals surface area contributed by atoms with Crippen LogP contribution in [0.2, 0.25) is 0 Å². The van der Waals surface area contributed by atoms with E-state index < -0.39 is 6.04 Å². The van der Waals surface area contributed by atoms with E-state index in [4.69, 9.17) is 9.15 Å². The van der Waals surface area contributed by atoms with Gasteiger partial charge in [-0.2, -0.15) is 0 Å². The van der Waals surface area contributed by atoms with Gasteiger partial charge in [-0.05, 0) is 49.2 Å². The maximum absolute atomic E-state index is 13.5. The van der Waals surface area contributed by atoms with Gasteiger partial charge in [0, 0.05) is 26.2 Å². The second-order valence-corrected chi connectivity index (χ2v) is 8.24. The third-order valence-corrected chi connectivity index (χ3v) is 5.89. The van der Waals surface area contributed by atoms with Crippen molar-refractivity contribution in [3.05, 3.63) is 83.3 Å². The lowest BCUT2D eigenvalue weighted by Gasteiger charge is -2.38. The van der Waals surface area contributed by atoms with Crippen LogP contribution in [0.15, 0.2) is 65.1 Å². The van der Waals surface area contributed by atoms with E-state index in [1.807, 2.05) is 62.4 Å². The van der Waals surface area contributed by atoms with E-state index in [2.05, 4.69) is 10.2 Å². The molecule has 7 heteroatoms. The minimum atomic E-state index is -0.487. The predicted octanol–water partition coefficient (Wildman–Crippen LogP) is 4.04. The molecule has 0 bridgehead atoms. The normalized spacial score (nSPS) is 15.2. The number of carbonyl (C=O) groups excluding carboxylic acids is 2. The average Bonchev–Trinajstić information content (AvgIpc) is 3.26. The number of nitrogens with zero attached hydrogens (tertiary/aromatic N) is 2. The van der Waals surface area contributed by atoms with Crippen LogP contribution < -0.4 is 10.1 Å². The molecule has 0 aliphatic carbocycles. The molecule has 1 fully saturated rings. The van der Waals surface area contributed by atoms with Crippen LogP contribution in [0, 0.1) is 13.8 Å². The Balaban J connectivity index is 1.52. The van der Waals surface area contributed by atoms with Crippen molar-refractivity contribution in [2.45, 2.75) is 19.9 Å². The molecule has 1 aliphatic heterocycles. The highest BCUT2D eigenvalue weighted by molar-refractivity contribution is 5.97. The number of amides is 2. The molecule has 2 amide bonds. The number of carbonyl (C=O) groups is 2. The molecule has 1 aliphatic rings. The monoisotopic (exact) mass is 447 g/mol. The quantitative estimate of drug-likeness (QED) is 0.617. The summed E-state index contributed by atoms with van der Waals surface area (Å²) in [5.74, 6) is 1.43. The topological polar surface area (TPSA) is 75.0 Å². The third kappa shape index (κ3) is 5.09. The van der Waals surface area contributed by atoms with E-state index in [0.717, 1.165) is 11.1 Å². The van der Waals surface area contributed by atoms with Crippen LogP contribution in [0.5, 0.6) is 5.75 Å². The maximum Gasteiger partial charge on any atom is 0.289 e. The Hall–Kier alpha value is -3.58. The lowest BCUT2D eigenvalue weighted by Crippen LogP contribution is -2.51. The van der Waals surface area contributed by atoms with E-state index in [-0.39, 0.29) is 11.8 Å². The first-order valence-corrected chi connectivity index (χ1v) is 11.1. The highest BCUT2D eigenvalue weighted by Crippen LogP contribution is 2.29. The fraction of sp³-hybridized carbons (Fsp3) is 0.308. The van der Waals surface area contributed by atoms with Gasteiger partial charge >= 0.3 is 0 Å². The van der Waals surface area contributed by atoms with E-state index in [1.54, 1.807) is 24.1 Å². The number of furan rings is 1. The molecule has 172 valence electrons. The Bertz CT molecular complexity index is 1120. The number of hydrogen-bond donors (Lipinski definition) is 1. The smallest absolute Gasteiger partial charge is 0.289 e. The van der Waals surface area contributed by atoms with Crippen LogP contribution in [0.25, 0.3) is 0 Å². The van der Waals surface area contributed by atoms with Crippen molar-refractivity contribution in [2.24, 2.45) is 0 Å². The van der Waals surface area contributed by atoms with Crippen molar-refractivity contribution in [3.8, 4) is 5.75 Å². The molecule has 1 N–H and O–H groups in total. The van der Waals surface area contributed by atoms with E-state index in [1.165, 1.54) is 0 Å². The van der Waals surface area contributed by atoms with Crippen molar-refractivity contribution in [1.29, 1.82) is 0 Å². The summed E-state index contributed by atoms with van der Waals surface area (Å²) < 4.78 is 10.9. The molecule has 3 aromatic rings. The van der Waals surface area contributed by atoms with Gasteiger partial charge in [-0.25, -0.2) is 0 Å². The van der Waals surface area contributed by atoms with Crippen molar-refractivity contribution >= 4 is 17.5 Å². The Morgan fingerprint density at radius 3 is 2.33 bits per heavy atom. The fourth-order valence-corrected chi connectivity index (χ4v) is 4.17. The van der Waals surface area contributed by atoms with Crippen molar-refractivity contribution < 1.29 is 18.7 Å². The van der Waals surface area contributed by atoms with Crippen molar-refractivity contribution in [1.82, 2.24) is 9.80 Å². The Labute approximate surface area is 193 Å². The predicted molar refractivity (Wildman–Crippen MR) is 126 cm³/mol. The summed E-state index contributed by atoms with van der Waals surface area (Å²) >= 11 is 0. The zero-order valence-corrected chi connectivity index (χ0v) is 19.2. The standard InChI is InChI=1S/C26H29N3O4/c1-18-9-11-22(32-3)21(17-18)27-25(30)24(20-7-5-4-6-8-20)28-13-15-29(16-14-28)26(31)23-12-10-19(2)33-23/h4-12,17,24H,13-16H2,1-3H3,(H,27,30). The van der Waals surface area contributed by atoms with Gasteiger partial charge in [0.05, 0.1) is 12.8 Å². The van der Waals surface area contributed by atoms with Gasteiger partial charge in [0.25, 0.3) is 5.91 Å². The minimum absolute atomic E-state index is 0.118. The maximum atomic E-state index is 13.5. The number of aryl methyl sites for hydroxylation is 2. The summed E-state index contributed by atoms with van der Waals surface area (Å²) in [7, 11) is 1.59. The molecule has 0 radical (unpaired) electrons. The Morgan fingerprint density at radius 2 is 1.70 bits per heavy atom. The highest BCUT2D eigenvalue weighted by atomic mass is 16.5. The minimum Gasteiger partial charge on any atom is -0.495 e. The zero-order chi connectivity index (χ0) is 23.4. The lowest BCUT2D eigenvalue weighted by atomic mass is 10.0. The first kappa shape index (κ1) is 22.6. The molecule has 1 aromatic heterocycles. The van der Waals surface area contributed by atoms with Gasteiger partial charge in [0.1, 0.15) is 17.6 Å². The van der Waals surface area contributed by atoms with Gasteiger partial charge in [-0.1, -0.05) is 36.4 Å². The summed E-state index contributed by atoms with van der Waals surface area (Å²) in [4.78, 5) is 30.2. The van der Waals surface area contributed by atoms with Gasteiger partial charge in [-0.15, -0.1) is 0 Å². The summed E-state index contributed by atoms with van der Waals surface area (Å²) in [6.45, 7) is 5.97. The fourth-order valence-electron chi connectivity index (χ4n) is 4.17. The van der Waals surface area contributed by atoms with Crippen LogP contribution in [-0.4, -0.2) is 54.9 Å². The van der Waals surface area contributed by atoms with Gasteiger partial charge in [-0.3, -0.25) is 14.5 Å². The summed E-state index contributed by atoms with van der Waals surface area (Å²) in [5.41, 5.74) is 2.58. The summed E-state index contributed by atoms with van der Waals surface area (Å²) in [6, 6.07) is 18.4. The first-order valence-electron chi connectivity index (χ1n) is 11.1. The SMILES string of the molecule is COc1ccc(C)cc1NC(=O)C(c1ccccc1)N1CCN(C(=O)c2ccc(C)o2)CC1. The number of benzene rings is 2. The van der Waals surface area contributed by atoms with Crippen molar-refractivity contribution in [2.75, 3.05) is 38.6 Å². The second-order valence-electron chi connectivity index (χ2n) is 8.24. The Morgan fingerprint density at radius 1 is 0.970 bits per heavy atom. The van der Waals surface area contributed by atoms with Crippen LogP contribution in [-0.2, 0) is 4.79 Å². The van der Waals surface area contributed by atoms with Gasteiger partial charge in [0.2, 0.25) is 5.91 Å². The summed E-state index contributed by atoms with van der Waals surface area (Å²) in [5, 5.41) is 3.06. The number of piperazine rings is 1. The number of nitrogens with one attached hydrogen (secondary N) is 1. The zero-order valence-electron chi connectivity index (χ0n) is 19.2. The number of rotatable bonds is 6. The Kier molecular flexibility index (Phi) is 6.79. The number of ether oxygens (including phenoxy) is 1. The van der Waals surface area contributed by atoms with Crippen molar-refractivity contribution in [3.63, 3.8) is 0 Å². The molecule has 4 rings (SSSR count). The average molecular weight is 448 g/mol. The van der Waals surface area contributed by atoms with Gasteiger partial charge in [0.15, 0.2) is 5.76 Å². The molecule has 2 heterocycles. The molecule has 1 unspecified atom stereocenters. The van der Waals surface area contributed by atoms with Crippen LogP contribution in [0.3, 0.4) is 0 Å². The summed E-state index contributed by atoms with van der Waals surface area (Å²) in [6.07, 6.45) is 0. The third-order valence-electron chi connectivity index (χ3n) is 5.89. The van der Waals surface area contributed by atoms with E-state index in [9.17, 15) is 9.59 Å². The van der Waals surface area contributed by atoms with E-state index >= 15 is 0 Å². The second kappa shape index (κ2) is 9.92. The largest absolute Gasteiger partial charge is 0.495 e. The number of hydrogen-bond acceptors (Lipinski definition) is 5. The molecular formula is C26H29N3O4. The molecule has 1 atom stereocenters.